The quantitative estimate of drug-likeness (QED) is 0.720. The molecule has 0 aliphatic carbocycles. The molecule has 1 aromatic rings. The van der Waals surface area contributed by atoms with Crippen molar-refractivity contribution in [2.75, 3.05) is 0 Å². The highest BCUT2D eigenvalue weighted by Crippen LogP contribution is 2.24. The van der Waals surface area contributed by atoms with E-state index >= 15 is 0 Å². The Hall–Kier alpha value is -1.25. The first-order valence-corrected chi connectivity index (χ1v) is 5.70. The van der Waals surface area contributed by atoms with Crippen molar-refractivity contribution in [1.82, 2.24) is 0 Å². The molecule has 1 nitrogen and oxygen atoms in total. The minimum Gasteiger partial charge on any atom is -0.294 e. The van der Waals surface area contributed by atoms with Gasteiger partial charge < -0.3 is 0 Å². The summed E-state index contributed by atoms with van der Waals surface area (Å²) in [7, 11) is 0. The lowest BCUT2D eigenvalue weighted by Gasteiger charge is -2.17. The normalized spacial score (nSPS) is 11.6. The zero-order chi connectivity index (χ0) is 13.2. The summed E-state index contributed by atoms with van der Waals surface area (Å²) in [6.45, 7) is 7.49. The van der Waals surface area contributed by atoms with Crippen molar-refractivity contribution >= 4 is 5.78 Å². The molecule has 94 valence electrons. The molecule has 0 aliphatic rings. The third-order valence-corrected chi connectivity index (χ3v) is 2.67. The van der Waals surface area contributed by atoms with E-state index in [0.717, 1.165) is 6.07 Å². The standard InChI is InChI=1S/C14H18F2O/c1-9-5-6-10(15)12(13(9)16)11(17)7-8-14(2,3)4/h5-6H,7-8H2,1-4H3. The predicted octanol–water partition coefficient (Wildman–Crippen LogP) is 4.28. The van der Waals surface area contributed by atoms with E-state index in [1.807, 2.05) is 20.8 Å². The molecule has 0 saturated heterocycles. The molecule has 0 amide bonds. The van der Waals surface area contributed by atoms with E-state index in [1.54, 1.807) is 0 Å². The summed E-state index contributed by atoms with van der Waals surface area (Å²) < 4.78 is 27.1. The molecule has 0 spiro atoms. The van der Waals surface area contributed by atoms with Crippen molar-refractivity contribution in [3.05, 3.63) is 34.9 Å². The number of aryl methyl sites for hydroxylation is 1. The van der Waals surface area contributed by atoms with Gasteiger partial charge in [0.25, 0.3) is 0 Å². The van der Waals surface area contributed by atoms with Crippen LogP contribution in [0.1, 0.15) is 49.5 Å². The van der Waals surface area contributed by atoms with Gasteiger partial charge in [0.1, 0.15) is 11.6 Å². The highest BCUT2D eigenvalue weighted by Gasteiger charge is 2.21. The van der Waals surface area contributed by atoms with Crippen molar-refractivity contribution in [1.29, 1.82) is 0 Å². The van der Waals surface area contributed by atoms with Crippen LogP contribution in [0, 0.1) is 24.0 Å². The Kier molecular flexibility index (Phi) is 4.02. The summed E-state index contributed by atoms with van der Waals surface area (Å²) in [5, 5.41) is 0. The fraction of sp³-hybridized carbons (Fsp3) is 0.500. The molecule has 0 fully saturated rings. The monoisotopic (exact) mass is 240 g/mol. The Labute approximate surface area is 101 Å². The number of halogens is 2. The van der Waals surface area contributed by atoms with Crippen LogP contribution in [0.4, 0.5) is 8.78 Å². The lowest BCUT2D eigenvalue weighted by Crippen LogP contribution is -2.12. The Morgan fingerprint density at radius 3 is 2.35 bits per heavy atom. The van der Waals surface area contributed by atoms with Crippen LogP contribution >= 0.6 is 0 Å². The van der Waals surface area contributed by atoms with Gasteiger partial charge in [0, 0.05) is 6.42 Å². The zero-order valence-electron chi connectivity index (χ0n) is 10.7. The van der Waals surface area contributed by atoms with Crippen molar-refractivity contribution < 1.29 is 13.6 Å². The molecule has 17 heavy (non-hydrogen) atoms. The minimum atomic E-state index is -0.771. The first-order valence-electron chi connectivity index (χ1n) is 5.70. The number of Topliss-reactive ketones (excluding diaryl/α,β-unsaturated/α-hetero) is 1. The van der Waals surface area contributed by atoms with Crippen LogP contribution in [0.25, 0.3) is 0 Å². The molecular weight excluding hydrogens is 222 g/mol. The molecule has 0 saturated carbocycles. The number of hydrogen-bond acceptors (Lipinski definition) is 1. The Bertz CT molecular complexity index is 431. The van der Waals surface area contributed by atoms with Gasteiger partial charge in [-0.05, 0) is 30.4 Å². The summed E-state index contributed by atoms with van der Waals surface area (Å²) >= 11 is 0. The lowest BCUT2D eigenvalue weighted by molar-refractivity contribution is 0.0957. The van der Waals surface area contributed by atoms with Gasteiger partial charge in [0.2, 0.25) is 0 Å². The first kappa shape index (κ1) is 13.8. The molecule has 0 radical (unpaired) electrons. The van der Waals surface area contributed by atoms with E-state index < -0.39 is 23.0 Å². The number of benzene rings is 1. The molecule has 0 unspecified atom stereocenters. The third-order valence-electron chi connectivity index (χ3n) is 2.67. The van der Waals surface area contributed by atoms with E-state index in [0.29, 0.717) is 12.0 Å². The van der Waals surface area contributed by atoms with Crippen molar-refractivity contribution in [2.24, 2.45) is 5.41 Å². The molecular formula is C14H18F2O. The maximum atomic E-state index is 13.7. The third kappa shape index (κ3) is 3.62. The molecule has 0 aliphatic heterocycles. The summed E-state index contributed by atoms with van der Waals surface area (Å²) in [4.78, 5) is 11.8. The van der Waals surface area contributed by atoms with Crippen molar-refractivity contribution in [2.45, 2.75) is 40.5 Å². The van der Waals surface area contributed by atoms with Crippen LogP contribution in [0.3, 0.4) is 0 Å². The Morgan fingerprint density at radius 1 is 1.24 bits per heavy atom. The second kappa shape index (κ2) is 4.94. The number of carbonyl (C=O) groups excluding carboxylic acids is 1. The minimum absolute atomic E-state index is 0.0214. The van der Waals surface area contributed by atoms with Crippen molar-refractivity contribution in [3.63, 3.8) is 0 Å². The van der Waals surface area contributed by atoms with Gasteiger partial charge in [-0.1, -0.05) is 26.8 Å². The molecule has 3 heteroatoms. The van der Waals surface area contributed by atoms with E-state index in [4.69, 9.17) is 0 Å². The van der Waals surface area contributed by atoms with E-state index in [1.165, 1.54) is 13.0 Å². The van der Waals surface area contributed by atoms with Crippen LogP contribution in [-0.2, 0) is 0 Å². The molecule has 0 heterocycles. The number of rotatable bonds is 3. The van der Waals surface area contributed by atoms with Gasteiger partial charge in [-0.3, -0.25) is 4.79 Å². The molecule has 1 aromatic carbocycles. The fourth-order valence-electron chi connectivity index (χ4n) is 1.53. The average molecular weight is 240 g/mol. The van der Waals surface area contributed by atoms with Gasteiger partial charge in [-0.25, -0.2) is 8.78 Å². The maximum absolute atomic E-state index is 13.7. The second-order valence-electron chi connectivity index (χ2n) is 5.54. The molecule has 0 N–H and O–H groups in total. The molecule has 0 bridgehead atoms. The topological polar surface area (TPSA) is 17.1 Å². The van der Waals surface area contributed by atoms with Gasteiger partial charge >= 0.3 is 0 Å². The van der Waals surface area contributed by atoms with Crippen LogP contribution in [-0.4, -0.2) is 5.78 Å². The lowest BCUT2D eigenvalue weighted by atomic mass is 9.88. The van der Waals surface area contributed by atoms with Crippen LogP contribution in [0.15, 0.2) is 12.1 Å². The highest BCUT2D eigenvalue weighted by molar-refractivity contribution is 5.96. The van der Waals surface area contributed by atoms with Crippen LogP contribution in [0.2, 0.25) is 0 Å². The van der Waals surface area contributed by atoms with Crippen LogP contribution in [0.5, 0.6) is 0 Å². The van der Waals surface area contributed by atoms with Gasteiger partial charge in [0.15, 0.2) is 5.78 Å². The Balaban J connectivity index is 2.93. The largest absolute Gasteiger partial charge is 0.294 e. The van der Waals surface area contributed by atoms with Gasteiger partial charge in [-0.2, -0.15) is 0 Å². The highest BCUT2D eigenvalue weighted by atomic mass is 19.1. The SMILES string of the molecule is Cc1ccc(F)c(C(=O)CCC(C)(C)C)c1F. The summed E-state index contributed by atoms with van der Waals surface area (Å²) in [6, 6.07) is 2.48. The fourth-order valence-corrected chi connectivity index (χ4v) is 1.53. The summed E-state index contributed by atoms with van der Waals surface area (Å²) in [5.41, 5.74) is -0.119. The Morgan fingerprint density at radius 2 is 1.82 bits per heavy atom. The van der Waals surface area contributed by atoms with Crippen molar-refractivity contribution in [3.8, 4) is 0 Å². The van der Waals surface area contributed by atoms with Crippen LogP contribution < -0.4 is 0 Å². The van der Waals surface area contributed by atoms with Gasteiger partial charge in [0.05, 0.1) is 5.56 Å². The summed E-state index contributed by atoms with van der Waals surface area (Å²) in [6.07, 6.45) is 0.777. The van der Waals surface area contributed by atoms with Gasteiger partial charge in [-0.15, -0.1) is 0 Å². The number of ketones is 1. The number of hydrogen-bond donors (Lipinski definition) is 0. The summed E-state index contributed by atoms with van der Waals surface area (Å²) in [5.74, 6) is -1.96. The van der Waals surface area contributed by atoms with E-state index in [9.17, 15) is 13.6 Å². The maximum Gasteiger partial charge on any atom is 0.168 e. The van der Waals surface area contributed by atoms with E-state index in [-0.39, 0.29) is 11.8 Å². The molecule has 0 aromatic heterocycles. The second-order valence-corrected chi connectivity index (χ2v) is 5.54. The zero-order valence-corrected chi connectivity index (χ0v) is 10.7. The average Bonchev–Trinajstić information content (AvgIpc) is 2.20. The molecule has 0 atom stereocenters. The number of carbonyl (C=O) groups is 1. The smallest absolute Gasteiger partial charge is 0.168 e. The van der Waals surface area contributed by atoms with E-state index in [2.05, 4.69) is 0 Å². The predicted molar refractivity (Wildman–Crippen MR) is 64.1 cm³/mol. The molecule has 1 rings (SSSR count). The first-order chi connectivity index (χ1) is 7.72.